The van der Waals surface area contributed by atoms with Crippen LogP contribution >= 0.6 is 0 Å². The minimum Gasteiger partial charge on any atom is -0.256 e. The van der Waals surface area contributed by atoms with Gasteiger partial charge < -0.3 is 0 Å². The molecule has 11 rings (SSSR count). The first kappa shape index (κ1) is 35.0. The zero-order chi connectivity index (χ0) is 39.6. The number of allylic oxidation sites excluding steroid dienone is 1. The lowest BCUT2D eigenvalue weighted by atomic mass is 9.75. The summed E-state index contributed by atoms with van der Waals surface area (Å²) >= 11 is 0. The molecule has 280 valence electrons. The Bertz CT molecular complexity index is 3110. The molecule has 3 heteroatoms. The molecule has 0 aliphatic carbocycles. The molecule has 3 unspecified atom stereocenters. The Labute approximate surface area is 345 Å². The minimum atomic E-state index is 0.0254. The van der Waals surface area contributed by atoms with Crippen molar-refractivity contribution in [2.45, 2.75) is 31.8 Å². The molecule has 0 amide bonds. The van der Waals surface area contributed by atoms with Crippen molar-refractivity contribution >= 4 is 10.9 Å². The average Bonchev–Trinajstić information content (AvgIpc) is 3.41. The molecule has 5 heterocycles. The van der Waals surface area contributed by atoms with Crippen molar-refractivity contribution in [2.24, 2.45) is 0 Å². The lowest BCUT2D eigenvalue weighted by Crippen LogP contribution is -2.52. The van der Waals surface area contributed by atoms with Crippen LogP contribution in [0.2, 0.25) is 0 Å². The van der Waals surface area contributed by atoms with Crippen LogP contribution in [0.4, 0.5) is 0 Å². The van der Waals surface area contributed by atoms with Gasteiger partial charge in [0.15, 0.2) is 24.5 Å². The number of fused-ring (bicyclic) bond motifs is 11. The first-order valence-electron chi connectivity index (χ1n) is 20.6. The number of hydrogen-bond acceptors (Lipinski definition) is 1. The third kappa shape index (κ3) is 5.61. The summed E-state index contributed by atoms with van der Waals surface area (Å²) < 4.78 is 4.98. The summed E-state index contributed by atoms with van der Waals surface area (Å²) in [7, 11) is 0. The molecular formula is C56H43N3+2. The molecule has 0 bridgehead atoms. The van der Waals surface area contributed by atoms with Gasteiger partial charge in [0.1, 0.15) is 5.92 Å². The molecule has 3 atom stereocenters. The number of rotatable bonds is 5. The van der Waals surface area contributed by atoms with Crippen LogP contribution in [0.5, 0.6) is 0 Å². The molecule has 0 saturated heterocycles. The standard InChI is InChI=1S/C56H43N3/c1-4-50-54-45-20-12-11-19-44(45)52-34-37(3)29-32-59(52)56(54)47-25-23-40(35-49(47)51-21-13-14-31-58(50)51)41-26-27-46(43-24-22-36(2)33-48(43)39-17-9-6-10-18-39)55-53(41)42(28-30-57-55)38-15-7-5-8-16-38/h4-35,50,54,56H,1H2,2-3H3/q+2. The van der Waals surface area contributed by atoms with E-state index in [-0.39, 0.29) is 18.0 Å². The van der Waals surface area contributed by atoms with Crippen LogP contribution in [0.25, 0.3) is 77.9 Å². The van der Waals surface area contributed by atoms with Gasteiger partial charge in [-0.05, 0) is 94.3 Å². The lowest BCUT2D eigenvalue weighted by molar-refractivity contribution is -0.739. The van der Waals surface area contributed by atoms with E-state index >= 15 is 0 Å². The van der Waals surface area contributed by atoms with Crippen LogP contribution in [0.1, 0.15) is 40.3 Å². The van der Waals surface area contributed by atoms with Gasteiger partial charge in [-0.2, -0.15) is 9.13 Å². The summed E-state index contributed by atoms with van der Waals surface area (Å²) in [5.41, 5.74) is 20.5. The second kappa shape index (κ2) is 14.0. The second-order valence-corrected chi connectivity index (χ2v) is 16.1. The maximum atomic E-state index is 5.24. The van der Waals surface area contributed by atoms with Crippen molar-refractivity contribution in [3.05, 3.63) is 223 Å². The smallest absolute Gasteiger partial charge is 0.213 e. The summed E-state index contributed by atoms with van der Waals surface area (Å²) in [5.74, 6) is 0.129. The van der Waals surface area contributed by atoms with Crippen molar-refractivity contribution in [3.8, 4) is 67.0 Å². The van der Waals surface area contributed by atoms with Gasteiger partial charge in [0.2, 0.25) is 11.4 Å². The molecule has 6 aromatic carbocycles. The molecule has 2 aliphatic heterocycles. The van der Waals surface area contributed by atoms with E-state index in [1.807, 2.05) is 6.20 Å². The Morgan fingerprint density at radius 2 is 1.17 bits per heavy atom. The Kier molecular flexibility index (Phi) is 8.30. The van der Waals surface area contributed by atoms with Crippen molar-refractivity contribution in [2.75, 3.05) is 0 Å². The zero-order valence-electron chi connectivity index (χ0n) is 33.3. The highest BCUT2D eigenvalue weighted by Gasteiger charge is 2.51. The molecule has 0 spiro atoms. The van der Waals surface area contributed by atoms with Crippen molar-refractivity contribution in [1.29, 1.82) is 0 Å². The molecule has 3 aromatic heterocycles. The minimum absolute atomic E-state index is 0.0254. The predicted octanol–water partition coefficient (Wildman–Crippen LogP) is 12.9. The van der Waals surface area contributed by atoms with Gasteiger partial charge in [-0.15, -0.1) is 0 Å². The molecule has 3 nitrogen and oxygen atoms in total. The van der Waals surface area contributed by atoms with E-state index in [1.54, 1.807) is 0 Å². The van der Waals surface area contributed by atoms with Crippen LogP contribution in [-0.4, -0.2) is 4.98 Å². The molecule has 9 aromatic rings. The van der Waals surface area contributed by atoms with Crippen molar-refractivity contribution in [1.82, 2.24) is 4.98 Å². The van der Waals surface area contributed by atoms with Gasteiger partial charge in [0, 0.05) is 47.0 Å². The van der Waals surface area contributed by atoms with Crippen LogP contribution < -0.4 is 9.13 Å². The van der Waals surface area contributed by atoms with Gasteiger partial charge in [-0.1, -0.05) is 133 Å². The van der Waals surface area contributed by atoms with E-state index in [0.717, 1.165) is 27.6 Å². The van der Waals surface area contributed by atoms with E-state index in [1.165, 1.54) is 72.6 Å². The monoisotopic (exact) mass is 757 g/mol. The molecule has 0 fully saturated rings. The SMILES string of the molecule is C=CC1C2c3ccccc3-c3cc(C)cc[n+]3C2c2ccc(-c3ccc(-c4ccc(C)cc4-c4ccccc4)c4nccc(-c5ccccc5)c34)cc2-c2cccc[n+]21. The average molecular weight is 758 g/mol. The number of aromatic nitrogens is 3. The summed E-state index contributed by atoms with van der Waals surface area (Å²) in [6.45, 7) is 8.85. The van der Waals surface area contributed by atoms with Gasteiger partial charge in [-0.3, -0.25) is 4.98 Å². The second-order valence-electron chi connectivity index (χ2n) is 16.1. The number of hydrogen-bond donors (Lipinski definition) is 0. The largest absolute Gasteiger partial charge is 0.256 e. The first-order chi connectivity index (χ1) is 29.1. The van der Waals surface area contributed by atoms with E-state index in [0.29, 0.717) is 0 Å². The molecule has 2 aliphatic rings. The molecule has 59 heavy (non-hydrogen) atoms. The predicted molar refractivity (Wildman–Crippen MR) is 241 cm³/mol. The quantitative estimate of drug-likeness (QED) is 0.126. The maximum Gasteiger partial charge on any atom is 0.213 e. The fourth-order valence-corrected chi connectivity index (χ4v) is 10.1. The third-order valence-corrected chi connectivity index (χ3v) is 12.7. The molecular weight excluding hydrogens is 715 g/mol. The summed E-state index contributed by atoms with van der Waals surface area (Å²) in [6, 6.07) is 62.5. The zero-order valence-corrected chi connectivity index (χ0v) is 33.3. The van der Waals surface area contributed by atoms with Crippen molar-refractivity contribution in [3.63, 3.8) is 0 Å². The molecule has 0 N–H and O–H groups in total. The number of pyridine rings is 3. The highest BCUT2D eigenvalue weighted by atomic mass is 15.1. The van der Waals surface area contributed by atoms with Crippen molar-refractivity contribution < 1.29 is 9.13 Å². The van der Waals surface area contributed by atoms with Crippen LogP contribution in [-0.2, 0) is 0 Å². The Morgan fingerprint density at radius 1 is 0.475 bits per heavy atom. The first-order valence-corrected chi connectivity index (χ1v) is 20.6. The fourth-order valence-electron chi connectivity index (χ4n) is 10.1. The third-order valence-electron chi connectivity index (χ3n) is 12.7. The van der Waals surface area contributed by atoms with Gasteiger partial charge in [-0.25, -0.2) is 0 Å². The van der Waals surface area contributed by atoms with Gasteiger partial charge >= 0.3 is 0 Å². The summed E-state index contributed by atoms with van der Waals surface area (Å²) in [4.78, 5) is 5.24. The lowest BCUT2D eigenvalue weighted by Gasteiger charge is -2.31. The topological polar surface area (TPSA) is 20.6 Å². The summed E-state index contributed by atoms with van der Waals surface area (Å²) in [6.07, 6.45) is 8.68. The fraction of sp³-hybridized carbons (Fsp3) is 0.0893. The van der Waals surface area contributed by atoms with E-state index < -0.39 is 0 Å². The highest BCUT2D eigenvalue weighted by Crippen LogP contribution is 2.51. The van der Waals surface area contributed by atoms with Gasteiger partial charge in [0.25, 0.3) is 0 Å². The van der Waals surface area contributed by atoms with Crippen LogP contribution in [0, 0.1) is 13.8 Å². The Morgan fingerprint density at radius 3 is 1.98 bits per heavy atom. The van der Waals surface area contributed by atoms with Gasteiger partial charge in [0.05, 0.1) is 16.6 Å². The van der Waals surface area contributed by atoms with Crippen LogP contribution in [0.3, 0.4) is 0 Å². The highest BCUT2D eigenvalue weighted by molar-refractivity contribution is 6.11. The number of nitrogens with zero attached hydrogens (tertiary/aromatic N) is 3. The molecule has 0 radical (unpaired) electrons. The number of aryl methyl sites for hydroxylation is 2. The Hall–Kier alpha value is -7.23. The van der Waals surface area contributed by atoms with E-state index in [2.05, 4.69) is 218 Å². The number of benzene rings is 6. The maximum absolute atomic E-state index is 5.24. The normalized spacial score (nSPS) is 16.2. The van der Waals surface area contributed by atoms with E-state index in [4.69, 9.17) is 4.98 Å². The van der Waals surface area contributed by atoms with Crippen LogP contribution in [0.15, 0.2) is 201 Å². The summed E-state index contributed by atoms with van der Waals surface area (Å²) in [5, 5.41) is 1.15. The van der Waals surface area contributed by atoms with E-state index in [9.17, 15) is 0 Å². The molecule has 0 saturated carbocycles. The Balaban J connectivity index is 1.19.